The van der Waals surface area contributed by atoms with Crippen molar-refractivity contribution in [2.24, 2.45) is 0 Å². The van der Waals surface area contributed by atoms with Gasteiger partial charge in [-0.1, -0.05) is 67.6 Å². The summed E-state index contributed by atoms with van der Waals surface area (Å²) in [5.41, 5.74) is 52.1. The van der Waals surface area contributed by atoms with Gasteiger partial charge in [-0.3, -0.25) is 45.8 Å². The SMILES string of the molecule is C.CCN(CCCS(=O)(=O)O)c1ccc(N)c(C)c1.CCN(CCNS(C)(=O)=O)c1ccc(NC(C)=O)c(C)c1.CCN(CCO)c1ccc(N)cc1.CCN(Cc1ccc(S(=O)(=O)O)cc1)c1ccc(N)cc1.CCOCN(CCOC)c1ccc(N)c(C)c1.Cc1ccc(S(=O)(=O)O)cc1.Cl.Nc1ccc(N)c(-c2ccccc2)c1.O=S(=O)(O)O.O=S(=O)(O)O.O=S(=O)(O)O. The minimum absolute atomic E-state index is 0. The van der Waals surface area contributed by atoms with Crippen molar-refractivity contribution in [1.29, 1.82) is 0 Å². The van der Waals surface area contributed by atoms with E-state index in [4.69, 9.17) is 115 Å². The highest BCUT2D eigenvalue weighted by molar-refractivity contribution is 7.88. The predicted molar refractivity (Wildman–Crippen MR) is 530 cm³/mol. The number of methoxy groups -OCH3 is 1. The van der Waals surface area contributed by atoms with Crippen LogP contribution >= 0.6 is 12.4 Å². The molecule has 0 saturated heterocycles. The highest BCUT2D eigenvalue weighted by Gasteiger charge is 2.15. The number of nitrogens with two attached hydrogens (primary N) is 6. The Balaban J connectivity index is -0.00000144. The first-order valence-corrected chi connectivity index (χ1v) is 49.8. The van der Waals surface area contributed by atoms with Gasteiger partial charge < -0.3 is 78.8 Å². The van der Waals surface area contributed by atoms with E-state index in [0.29, 0.717) is 64.8 Å². The Morgan fingerprint density at radius 2 is 0.811 bits per heavy atom. The quantitative estimate of drug-likeness (QED) is 0.0109. The van der Waals surface area contributed by atoms with E-state index >= 15 is 0 Å². The van der Waals surface area contributed by atoms with E-state index in [2.05, 4.69) is 47.5 Å². The lowest BCUT2D eigenvalue weighted by Crippen LogP contribution is -2.34. The van der Waals surface area contributed by atoms with Gasteiger partial charge in [0.15, 0.2) is 0 Å². The number of likely N-dealkylation sites (N-methyl/N-ethyl adjacent to an activating group) is 2. The number of aliphatic hydroxyl groups is 1. The first kappa shape index (κ1) is 126. The summed E-state index contributed by atoms with van der Waals surface area (Å²) in [4.78, 5) is 21.4. The van der Waals surface area contributed by atoms with Crippen LogP contribution < -0.4 is 68.9 Å². The van der Waals surface area contributed by atoms with Crippen LogP contribution in [-0.4, -0.2) is 215 Å². The number of hydrogen-bond acceptors (Lipinski definition) is 29. The molecule has 0 aliphatic heterocycles. The summed E-state index contributed by atoms with van der Waals surface area (Å²) in [5.74, 6) is -0.312. The molecule has 0 saturated carbocycles. The minimum Gasteiger partial charge on any atom is -0.399 e. The molecule has 1 amide bonds. The summed E-state index contributed by atoms with van der Waals surface area (Å²) < 4.78 is 220. The topological polar surface area (TPSA) is 673 Å². The van der Waals surface area contributed by atoms with Crippen LogP contribution in [0.25, 0.3) is 11.1 Å². The van der Waals surface area contributed by atoms with Crippen molar-refractivity contribution in [3.8, 4) is 11.1 Å². The fourth-order valence-electron chi connectivity index (χ4n) is 10.8. The molecule has 9 aromatic carbocycles. The molecule has 0 heterocycles. The number of halogens is 1. The number of carbonyl (C=O) groups is 1. The van der Waals surface area contributed by atoms with E-state index in [0.717, 1.165) is 140 Å². The maximum absolute atomic E-state index is 11.1. The molecule has 0 atom stereocenters. The lowest BCUT2D eigenvalue weighted by atomic mass is 10.0. The Hall–Kier alpha value is -10.3. The van der Waals surface area contributed by atoms with Crippen molar-refractivity contribution >= 4 is 158 Å². The maximum Gasteiger partial charge on any atom is 0.394 e. The summed E-state index contributed by atoms with van der Waals surface area (Å²) in [5, 5.41) is 11.6. The average molecular weight is 2010 g/mol. The van der Waals surface area contributed by atoms with Crippen molar-refractivity contribution < 1.29 is 119 Å². The van der Waals surface area contributed by atoms with E-state index < -0.39 is 71.6 Å². The van der Waals surface area contributed by atoms with Gasteiger partial charge in [0.1, 0.15) is 6.73 Å². The van der Waals surface area contributed by atoms with Gasteiger partial charge in [0, 0.05) is 160 Å². The third kappa shape index (κ3) is 60.7. The number of benzene rings is 9. The fourth-order valence-corrected chi connectivity index (χ4v) is 12.7. The number of anilines is 12. The predicted octanol–water partition coefficient (Wildman–Crippen LogP) is 11.5. The van der Waals surface area contributed by atoms with E-state index in [1.165, 1.54) is 31.2 Å². The molecule has 9 aromatic rings. The summed E-state index contributed by atoms with van der Waals surface area (Å²) in [6.07, 6.45) is 1.55. The lowest BCUT2D eigenvalue weighted by molar-refractivity contribution is -0.114. The lowest BCUT2D eigenvalue weighted by Gasteiger charge is -2.24. The van der Waals surface area contributed by atoms with Crippen LogP contribution in [0.2, 0.25) is 0 Å². The number of ether oxygens (including phenoxy) is 2. The molecule has 132 heavy (non-hydrogen) atoms. The van der Waals surface area contributed by atoms with Crippen LogP contribution in [0.3, 0.4) is 0 Å². The Kier molecular flexibility index (Phi) is 60.0. The largest absolute Gasteiger partial charge is 0.399 e. The van der Waals surface area contributed by atoms with Gasteiger partial charge >= 0.3 is 31.2 Å². The van der Waals surface area contributed by atoms with Crippen LogP contribution in [0.5, 0.6) is 0 Å². The van der Waals surface area contributed by atoms with Crippen molar-refractivity contribution in [3.63, 3.8) is 0 Å². The Bertz CT molecular complexity index is 5600. The Morgan fingerprint density at radius 3 is 1.19 bits per heavy atom. The van der Waals surface area contributed by atoms with Gasteiger partial charge in [-0.2, -0.15) is 50.5 Å². The second-order valence-electron chi connectivity index (χ2n) is 27.6. The molecule has 0 unspecified atom stereocenters. The molecule has 0 aliphatic rings. The first-order valence-electron chi connectivity index (χ1n) is 39.2. The molecular weight excluding hydrogens is 1880 g/mol. The number of nitrogens with zero attached hydrogens (tertiary/aromatic N) is 5. The zero-order chi connectivity index (χ0) is 99.6. The second-order valence-corrected chi connectivity index (χ2v) is 36.5. The summed E-state index contributed by atoms with van der Waals surface area (Å²) >= 11 is 0. The van der Waals surface area contributed by atoms with E-state index in [-0.39, 0.29) is 47.9 Å². The zero-order valence-corrected chi connectivity index (χ0v) is 81.3. The van der Waals surface area contributed by atoms with Crippen LogP contribution in [0.1, 0.15) is 83.2 Å². The average Bonchev–Trinajstić information content (AvgIpc) is 0.813. The Labute approximate surface area is 784 Å². The molecule has 0 aliphatic carbocycles. The summed E-state index contributed by atoms with van der Waals surface area (Å²) in [6, 6.07) is 60.5. The third-order valence-corrected chi connectivity index (χ3v) is 20.5. The second kappa shape index (κ2) is 63.0. The van der Waals surface area contributed by atoms with Gasteiger partial charge in [0.25, 0.3) is 30.4 Å². The van der Waals surface area contributed by atoms with Gasteiger partial charge in [-0.15, -0.1) is 12.4 Å². The van der Waals surface area contributed by atoms with Crippen molar-refractivity contribution in [2.75, 3.05) is 169 Å². The van der Waals surface area contributed by atoms with E-state index in [1.807, 2.05) is 201 Å². The maximum atomic E-state index is 11.1. The van der Waals surface area contributed by atoms with E-state index in [9.17, 15) is 38.5 Å². The van der Waals surface area contributed by atoms with Gasteiger partial charge in [0.05, 0.1) is 35.0 Å². The molecule has 0 radical (unpaired) electrons. The number of hydrogen-bond donors (Lipinski definition) is 18. The van der Waals surface area contributed by atoms with Gasteiger partial charge in [-0.25, -0.2) is 13.1 Å². The number of carbonyl (C=O) groups excluding carboxylic acids is 1. The van der Waals surface area contributed by atoms with Crippen molar-refractivity contribution in [1.82, 2.24) is 4.72 Å². The number of nitrogens with one attached hydrogen (secondary N) is 2. The molecule has 24 N–H and O–H groups in total. The van der Waals surface area contributed by atoms with Crippen LogP contribution in [0, 0.1) is 27.7 Å². The number of aliphatic hydroxyl groups excluding tert-OH is 1. The fraction of sp³-hybridized carbons (Fsp3) is 0.345. The number of amides is 1. The molecule has 0 fully saturated rings. The smallest absolute Gasteiger partial charge is 0.394 e. The van der Waals surface area contributed by atoms with Crippen molar-refractivity contribution in [3.05, 3.63) is 228 Å². The standard InChI is InChI=1S/C15H18N2O3S.C14H23N3O3S.C13H22N2O2.C12H20N2O3S.C12H12N2.C10H16N2O.C7H8O3S.CH4.ClH.3H2O4S/c1-2-17(14-7-5-13(16)6-8-14)11-12-3-9-15(10-4-12)21(18,19)20;1-5-17(9-8-15-21(4,19)20)13-6-7-14(11(2)10-13)16-12(3)18;1-4-17-10-15(7-8-16-3)12-5-6-13(14)11(2)9-12;1-3-14(7-4-8-18(15,16)17)11-5-6-12(13)10(2)9-11;13-10-6-7-12(14)11(8-10)9-4-2-1-3-5-9;1-2-12(7-8-13)10-5-3-9(11)4-6-10;1-6-2-4-7(5-3-6)11(8,9)10;;;3*1-5(2,3)4/h3-10H,2,11,16H2,1H3,(H,18,19,20);6-7,10,15H,5,8-9H2,1-4H3,(H,16,18);5-6,9H,4,7-8,10,14H2,1-3H3;5-6,9H,3-4,7-8,13H2,1-2H3,(H,15,16,17);1-8H,13-14H2;3-6,13H,2,7-8,11H2,1H3;2-5H,1H3,(H,8,9,10);1H4;1H;3*(H2,1,2,3,4). The Morgan fingerprint density at radius 1 is 0.432 bits per heavy atom. The molecule has 9 rings (SSSR count). The summed E-state index contributed by atoms with van der Waals surface area (Å²) in [7, 11) is -27.5. The normalized spacial score (nSPS) is 10.8. The van der Waals surface area contributed by atoms with E-state index in [1.54, 1.807) is 31.4 Å². The van der Waals surface area contributed by atoms with Crippen LogP contribution in [0.15, 0.2) is 210 Å². The molecule has 0 aromatic heterocycles. The molecule has 0 bridgehead atoms. The van der Waals surface area contributed by atoms with Gasteiger partial charge in [0.2, 0.25) is 15.9 Å². The molecule has 0 spiro atoms. The molecule has 48 heteroatoms. The number of nitrogen functional groups attached to an aromatic ring is 6. The number of sulfonamides is 1. The number of aryl methyl sites for hydroxylation is 4. The third-order valence-electron chi connectivity index (χ3n) is 17.2. The monoisotopic (exact) mass is 2010 g/mol. The minimum atomic E-state index is -4.67. The molecule has 742 valence electrons. The van der Waals surface area contributed by atoms with Gasteiger partial charge in [-0.05, 0) is 242 Å². The van der Waals surface area contributed by atoms with Crippen molar-refractivity contribution in [2.45, 2.75) is 99.4 Å². The highest BCUT2D eigenvalue weighted by atomic mass is 35.5. The molecular formula is C84H130ClN13O27S7. The molecule has 40 nitrogen and oxygen atoms in total. The van der Waals surface area contributed by atoms with Crippen LogP contribution in [0.4, 0.5) is 68.2 Å². The highest BCUT2D eigenvalue weighted by Crippen LogP contribution is 2.29. The summed E-state index contributed by atoms with van der Waals surface area (Å²) in [6.45, 7) is 28.3. The van der Waals surface area contributed by atoms with Crippen LogP contribution in [-0.2, 0) is 92.4 Å². The zero-order valence-electron chi connectivity index (χ0n) is 74.7. The first-order chi connectivity index (χ1) is 60.2. The number of rotatable bonds is 31.